The van der Waals surface area contributed by atoms with E-state index in [0.717, 1.165) is 11.3 Å². The third kappa shape index (κ3) is 2.19. The highest BCUT2D eigenvalue weighted by molar-refractivity contribution is 7.16. The molecule has 6 nitrogen and oxygen atoms in total. The summed E-state index contributed by atoms with van der Waals surface area (Å²) in [5.74, 6) is -0.246. The Bertz CT molecular complexity index is 885. The van der Waals surface area contributed by atoms with Crippen LogP contribution in [0.25, 0.3) is 0 Å². The molecule has 4 rings (SSSR count). The van der Waals surface area contributed by atoms with Crippen LogP contribution in [0.1, 0.15) is 16.9 Å². The Kier molecular flexibility index (Phi) is 3.37. The summed E-state index contributed by atoms with van der Waals surface area (Å²) in [4.78, 5) is 25.5. The van der Waals surface area contributed by atoms with Crippen LogP contribution in [0.4, 0.5) is 10.7 Å². The van der Waals surface area contributed by atoms with Gasteiger partial charge in [-0.2, -0.15) is 5.26 Å². The first-order chi connectivity index (χ1) is 11.6. The van der Waals surface area contributed by atoms with E-state index >= 15 is 0 Å². The highest BCUT2D eigenvalue weighted by atomic mass is 32.1. The summed E-state index contributed by atoms with van der Waals surface area (Å²) in [6, 6.07) is 12.6. The average Bonchev–Trinajstić information content (AvgIpc) is 3.28. The van der Waals surface area contributed by atoms with Gasteiger partial charge in [0.05, 0.1) is 16.5 Å². The number of amides is 2. The Morgan fingerprint density at radius 1 is 1.33 bits per heavy atom. The molecule has 1 fully saturated rings. The van der Waals surface area contributed by atoms with Crippen molar-refractivity contribution in [1.29, 1.82) is 5.26 Å². The molecule has 2 atom stereocenters. The standard InChI is InChI=1S/C17H14N4O2S/c18-8-10-5-6-14(24-10)21-15(22)13-7-17(9-19-13)11-3-1-2-4-12(11)20-16(17)23/h1-6,13,19H,7,9H2,(H,20,23)(H,21,22). The first kappa shape index (κ1) is 14.9. The Labute approximate surface area is 142 Å². The van der Waals surface area contributed by atoms with Crippen molar-refractivity contribution in [3.63, 3.8) is 0 Å². The normalized spacial score (nSPS) is 24.5. The minimum absolute atomic E-state index is 0.0607. The summed E-state index contributed by atoms with van der Waals surface area (Å²) < 4.78 is 0. The smallest absolute Gasteiger partial charge is 0.242 e. The fourth-order valence-electron chi connectivity index (χ4n) is 3.40. The van der Waals surface area contributed by atoms with Crippen molar-refractivity contribution >= 4 is 33.8 Å². The predicted octanol–water partition coefficient (Wildman–Crippen LogP) is 1.81. The summed E-state index contributed by atoms with van der Waals surface area (Å²) >= 11 is 1.23. The fourth-order valence-corrected chi connectivity index (χ4v) is 4.11. The van der Waals surface area contributed by atoms with Crippen LogP contribution in [-0.4, -0.2) is 24.4 Å². The van der Waals surface area contributed by atoms with E-state index in [-0.39, 0.29) is 11.8 Å². The van der Waals surface area contributed by atoms with Crippen molar-refractivity contribution in [1.82, 2.24) is 5.32 Å². The number of benzene rings is 1. The number of thiophene rings is 1. The molecule has 1 aromatic heterocycles. The van der Waals surface area contributed by atoms with Gasteiger partial charge in [0.2, 0.25) is 11.8 Å². The van der Waals surface area contributed by atoms with Gasteiger partial charge >= 0.3 is 0 Å². The molecule has 1 saturated heterocycles. The summed E-state index contributed by atoms with van der Waals surface area (Å²) in [7, 11) is 0. The van der Waals surface area contributed by atoms with Crippen molar-refractivity contribution in [2.24, 2.45) is 0 Å². The zero-order valence-corrected chi connectivity index (χ0v) is 13.4. The Morgan fingerprint density at radius 3 is 2.96 bits per heavy atom. The molecule has 0 radical (unpaired) electrons. The second-order valence-corrected chi connectivity index (χ2v) is 7.07. The summed E-state index contributed by atoms with van der Waals surface area (Å²) in [5, 5.41) is 18.4. The molecule has 0 bridgehead atoms. The minimum atomic E-state index is -0.689. The Balaban J connectivity index is 1.53. The molecule has 120 valence electrons. The summed E-state index contributed by atoms with van der Waals surface area (Å²) in [5.41, 5.74) is 1.08. The second-order valence-electron chi connectivity index (χ2n) is 5.98. The highest BCUT2D eigenvalue weighted by Gasteiger charge is 2.52. The highest BCUT2D eigenvalue weighted by Crippen LogP contribution is 2.43. The van der Waals surface area contributed by atoms with E-state index in [4.69, 9.17) is 5.26 Å². The largest absolute Gasteiger partial charge is 0.325 e. The number of anilines is 2. The fraction of sp³-hybridized carbons (Fsp3) is 0.235. The summed E-state index contributed by atoms with van der Waals surface area (Å²) in [6.45, 7) is 0.432. The molecule has 7 heteroatoms. The van der Waals surface area contributed by atoms with Crippen molar-refractivity contribution in [2.45, 2.75) is 17.9 Å². The predicted molar refractivity (Wildman–Crippen MR) is 90.8 cm³/mol. The number of carbonyl (C=O) groups excluding carboxylic acids is 2. The van der Waals surface area contributed by atoms with Crippen LogP contribution in [0.2, 0.25) is 0 Å². The molecule has 0 aliphatic carbocycles. The SMILES string of the molecule is N#Cc1ccc(NC(=O)C2CC3(CN2)C(=O)Nc2ccccc23)s1. The van der Waals surface area contributed by atoms with Crippen LogP contribution < -0.4 is 16.0 Å². The lowest BCUT2D eigenvalue weighted by molar-refractivity contribution is -0.120. The maximum Gasteiger partial charge on any atom is 0.242 e. The monoisotopic (exact) mass is 338 g/mol. The number of carbonyl (C=O) groups is 2. The number of hydrogen-bond donors (Lipinski definition) is 3. The summed E-state index contributed by atoms with van der Waals surface area (Å²) in [6.07, 6.45) is 0.415. The molecule has 3 N–H and O–H groups in total. The van der Waals surface area contributed by atoms with E-state index in [1.54, 1.807) is 12.1 Å². The zero-order chi connectivity index (χ0) is 16.7. The number of para-hydroxylation sites is 1. The molecule has 2 aromatic rings. The lowest BCUT2D eigenvalue weighted by Gasteiger charge is -2.20. The molecule has 2 aliphatic rings. The molecule has 2 aliphatic heterocycles. The molecule has 1 aromatic carbocycles. The van der Waals surface area contributed by atoms with Crippen LogP contribution in [-0.2, 0) is 15.0 Å². The number of nitrogens with one attached hydrogen (secondary N) is 3. The lowest BCUT2D eigenvalue weighted by atomic mass is 9.79. The molecule has 1 spiro atoms. The lowest BCUT2D eigenvalue weighted by Crippen LogP contribution is -2.36. The van der Waals surface area contributed by atoms with Gasteiger partial charge < -0.3 is 16.0 Å². The topological polar surface area (TPSA) is 94.0 Å². The minimum Gasteiger partial charge on any atom is -0.325 e. The van der Waals surface area contributed by atoms with Crippen LogP contribution in [0.5, 0.6) is 0 Å². The first-order valence-electron chi connectivity index (χ1n) is 7.57. The van der Waals surface area contributed by atoms with Gasteiger partial charge in [-0.05, 0) is 30.2 Å². The van der Waals surface area contributed by atoms with Gasteiger partial charge in [-0.25, -0.2) is 0 Å². The Hall–Kier alpha value is -2.69. The quantitative estimate of drug-likeness (QED) is 0.778. The van der Waals surface area contributed by atoms with Gasteiger partial charge in [-0.3, -0.25) is 9.59 Å². The second kappa shape index (κ2) is 5.44. The third-order valence-corrected chi connectivity index (χ3v) is 5.51. The van der Waals surface area contributed by atoms with E-state index in [2.05, 4.69) is 16.0 Å². The maximum absolute atomic E-state index is 12.5. The van der Waals surface area contributed by atoms with Gasteiger partial charge in [-0.1, -0.05) is 18.2 Å². The van der Waals surface area contributed by atoms with Crippen LogP contribution >= 0.6 is 11.3 Å². The van der Waals surface area contributed by atoms with E-state index < -0.39 is 11.5 Å². The van der Waals surface area contributed by atoms with Gasteiger partial charge in [0.1, 0.15) is 10.9 Å². The van der Waals surface area contributed by atoms with Gasteiger partial charge in [0, 0.05) is 12.2 Å². The molecule has 2 amide bonds. The number of rotatable bonds is 2. The maximum atomic E-state index is 12.5. The van der Waals surface area contributed by atoms with E-state index in [0.29, 0.717) is 22.8 Å². The van der Waals surface area contributed by atoms with Gasteiger partial charge in [-0.15, -0.1) is 11.3 Å². The van der Waals surface area contributed by atoms with E-state index in [9.17, 15) is 9.59 Å². The van der Waals surface area contributed by atoms with Crippen molar-refractivity contribution in [2.75, 3.05) is 17.2 Å². The van der Waals surface area contributed by atoms with E-state index in [1.165, 1.54) is 11.3 Å². The first-order valence-corrected chi connectivity index (χ1v) is 8.39. The van der Waals surface area contributed by atoms with Gasteiger partial charge in [0.15, 0.2) is 0 Å². The molecular formula is C17H14N4O2S. The van der Waals surface area contributed by atoms with Crippen molar-refractivity contribution in [3.05, 3.63) is 46.8 Å². The van der Waals surface area contributed by atoms with Gasteiger partial charge in [0.25, 0.3) is 0 Å². The average molecular weight is 338 g/mol. The molecule has 2 unspecified atom stereocenters. The van der Waals surface area contributed by atoms with Crippen LogP contribution in [0, 0.1) is 11.3 Å². The molecule has 0 saturated carbocycles. The van der Waals surface area contributed by atoms with Crippen molar-refractivity contribution < 1.29 is 9.59 Å². The van der Waals surface area contributed by atoms with Crippen LogP contribution in [0.15, 0.2) is 36.4 Å². The third-order valence-electron chi connectivity index (χ3n) is 4.61. The van der Waals surface area contributed by atoms with Crippen LogP contribution in [0.3, 0.4) is 0 Å². The van der Waals surface area contributed by atoms with E-state index in [1.807, 2.05) is 30.3 Å². The molecule has 24 heavy (non-hydrogen) atoms. The molecular weight excluding hydrogens is 324 g/mol. The zero-order valence-electron chi connectivity index (χ0n) is 12.6. The number of fused-ring (bicyclic) bond motifs is 2. The number of nitriles is 1. The number of hydrogen-bond acceptors (Lipinski definition) is 5. The van der Waals surface area contributed by atoms with Crippen molar-refractivity contribution in [3.8, 4) is 6.07 Å². The Morgan fingerprint density at radius 2 is 2.17 bits per heavy atom. The number of nitrogens with zero attached hydrogens (tertiary/aromatic N) is 1. The molecule has 3 heterocycles.